The molecule has 0 fully saturated rings. The van der Waals surface area contributed by atoms with Crippen LogP contribution < -0.4 is 10.6 Å². The Labute approximate surface area is 110 Å². The van der Waals surface area contributed by atoms with Gasteiger partial charge in [-0.1, -0.05) is 20.8 Å². The minimum atomic E-state index is -0.239. The van der Waals surface area contributed by atoms with E-state index in [1.54, 1.807) is 14.0 Å². The predicted octanol–water partition coefficient (Wildman–Crippen LogP) is 0.936. The Bertz CT molecular complexity index is 267. The maximum absolute atomic E-state index is 11.8. The van der Waals surface area contributed by atoms with Gasteiger partial charge in [-0.2, -0.15) is 0 Å². The fourth-order valence-corrected chi connectivity index (χ4v) is 1.68. The van der Waals surface area contributed by atoms with Crippen molar-refractivity contribution in [2.45, 2.75) is 39.7 Å². The molecule has 0 heterocycles. The van der Waals surface area contributed by atoms with E-state index in [1.807, 2.05) is 0 Å². The van der Waals surface area contributed by atoms with Crippen LogP contribution in [0.25, 0.3) is 0 Å². The zero-order valence-electron chi connectivity index (χ0n) is 12.1. The molecule has 0 aromatic heterocycles. The second kappa shape index (κ2) is 8.91. The predicted molar refractivity (Wildman–Crippen MR) is 71.1 cm³/mol. The molecule has 106 valence electrons. The number of rotatable bonds is 8. The van der Waals surface area contributed by atoms with E-state index in [0.717, 1.165) is 6.42 Å². The molecule has 0 aliphatic carbocycles. The van der Waals surface area contributed by atoms with Gasteiger partial charge in [0.15, 0.2) is 0 Å². The van der Waals surface area contributed by atoms with Crippen molar-refractivity contribution in [3.8, 4) is 0 Å². The number of hydrogen-bond donors (Lipinski definition) is 2. The molecule has 0 spiro atoms. The van der Waals surface area contributed by atoms with E-state index in [2.05, 4.69) is 29.2 Å². The first-order valence-electron chi connectivity index (χ1n) is 6.45. The highest BCUT2D eigenvalue weighted by molar-refractivity contribution is 5.81. The SMILES string of the molecule is CNC(CC(C)C)C(=O)NCCC(C)C(=O)OC. The number of carbonyl (C=O) groups excluding carboxylic acids is 2. The van der Waals surface area contributed by atoms with Crippen LogP contribution in [-0.4, -0.2) is 38.6 Å². The molecule has 5 heteroatoms. The Morgan fingerprint density at radius 2 is 1.83 bits per heavy atom. The molecule has 0 radical (unpaired) electrons. The maximum Gasteiger partial charge on any atom is 0.308 e. The summed E-state index contributed by atoms with van der Waals surface area (Å²) >= 11 is 0. The Kier molecular flexibility index (Phi) is 8.37. The van der Waals surface area contributed by atoms with Gasteiger partial charge in [0.25, 0.3) is 0 Å². The average Bonchev–Trinajstić information content (AvgIpc) is 2.34. The monoisotopic (exact) mass is 258 g/mol. The number of nitrogens with one attached hydrogen (secondary N) is 2. The number of esters is 1. The number of hydrogen-bond acceptors (Lipinski definition) is 4. The quantitative estimate of drug-likeness (QED) is 0.636. The van der Waals surface area contributed by atoms with Crippen LogP contribution >= 0.6 is 0 Å². The van der Waals surface area contributed by atoms with Gasteiger partial charge >= 0.3 is 5.97 Å². The third-order valence-electron chi connectivity index (χ3n) is 2.85. The highest BCUT2D eigenvalue weighted by Gasteiger charge is 2.18. The number of likely N-dealkylation sites (N-methyl/N-ethyl adjacent to an activating group) is 1. The molecule has 2 unspecified atom stereocenters. The molecule has 2 atom stereocenters. The molecular formula is C13H26N2O3. The lowest BCUT2D eigenvalue weighted by molar-refractivity contribution is -0.145. The number of amides is 1. The highest BCUT2D eigenvalue weighted by Crippen LogP contribution is 2.05. The van der Waals surface area contributed by atoms with Gasteiger partial charge < -0.3 is 15.4 Å². The summed E-state index contributed by atoms with van der Waals surface area (Å²) in [6, 6.07) is -0.168. The van der Waals surface area contributed by atoms with Crippen LogP contribution in [0.3, 0.4) is 0 Å². The molecular weight excluding hydrogens is 232 g/mol. The molecule has 0 rings (SSSR count). The second-order valence-electron chi connectivity index (χ2n) is 4.97. The van der Waals surface area contributed by atoms with Crippen molar-refractivity contribution in [3.63, 3.8) is 0 Å². The number of carbonyl (C=O) groups is 2. The van der Waals surface area contributed by atoms with Gasteiger partial charge in [0.05, 0.1) is 19.1 Å². The number of methoxy groups -OCH3 is 1. The Balaban J connectivity index is 3.97. The van der Waals surface area contributed by atoms with Crippen molar-refractivity contribution in [2.75, 3.05) is 20.7 Å². The van der Waals surface area contributed by atoms with E-state index in [9.17, 15) is 9.59 Å². The first-order valence-corrected chi connectivity index (χ1v) is 6.45. The van der Waals surface area contributed by atoms with Crippen molar-refractivity contribution >= 4 is 11.9 Å². The van der Waals surface area contributed by atoms with E-state index >= 15 is 0 Å². The van der Waals surface area contributed by atoms with Gasteiger partial charge in [0, 0.05) is 6.54 Å². The van der Waals surface area contributed by atoms with Crippen LogP contribution in [0.1, 0.15) is 33.6 Å². The average molecular weight is 258 g/mol. The first kappa shape index (κ1) is 16.9. The first-order chi connectivity index (χ1) is 8.42. The summed E-state index contributed by atoms with van der Waals surface area (Å²) in [6.07, 6.45) is 1.39. The van der Waals surface area contributed by atoms with Crippen molar-refractivity contribution in [2.24, 2.45) is 11.8 Å². The lowest BCUT2D eigenvalue weighted by atomic mass is 10.0. The molecule has 1 amide bonds. The van der Waals surface area contributed by atoms with Crippen LogP contribution in [0, 0.1) is 11.8 Å². The minimum absolute atomic E-state index is 0.0109. The van der Waals surface area contributed by atoms with Gasteiger partial charge in [-0.15, -0.1) is 0 Å². The molecule has 0 aliphatic heterocycles. The summed E-state index contributed by atoms with van der Waals surface area (Å²) in [7, 11) is 3.15. The van der Waals surface area contributed by atoms with Crippen LogP contribution in [0.4, 0.5) is 0 Å². The summed E-state index contributed by atoms with van der Waals surface area (Å²) in [5, 5.41) is 5.84. The second-order valence-corrected chi connectivity index (χ2v) is 4.97. The molecule has 0 saturated carbocycles. The molecule has 2 N–H and O–H groups in total. The van der Waals surface area contributed by atoms with Crippen molar-refractivity contribution in [1.29, 1.82) is 0 Å². The normalized spacial score (nSPS) is 14.1. The minimum Gasteiger partial charge on any atom is -0.469 e. The third kappa shape index (κ3) is 6.59. The Morgan fingerprint density at radius 3 is 2.28 bits per heavy atom. The van der Waals surface area contributed by atoms with Crippen molar-refractivity contribution in [1.82, 2.24) is 10.6 Å². The number of ether oxygens (including phenoxy) is 1. The summed E-state index contributed by atoms with van der Waals surface area (Å²) < 4.78 is 4.63. The van der Waals surface area contributed by atoms with E-state index in [4.69, 9.17) is 0 Å². The van der Waals surface area contributed by atoms with Gasteiger partial charge in [-0.3, -0.25) is 9.59 Å². The van der Waals surface area contributed by atoms with Crippen LogP contribution in [-0.2, 0) is 14.3 Å². The maximum atomic E-state index is 11.8. The van der Waals surface area contributed by atoms with E-state index in [0.29, 0.717) is 18.9 Å². The lowest BCUT2D eigenvalue weighted by Crippen LogP contribution is -2.44. The molecule has 0 aromatic rings. The summed E-state index contributed by atoms with van der Waals surface area (Å²) in [5.74, 6) is 0.0236. The largest absolute Gasteiger partial charge is 0.469 e. The fourth-order valence-electron chi connectivity index (χ4n) is 1.68. The summed E-state index contributed by atoms with van der Waals surface area (Å²) in [6.45, 7) is 6.45. The zero-order chi connectivity index (χ0) is 14.1. The molecule has 0 saturated heterocycles. The lowest BCUT2D eigenvalue weighted by Gasteiger charge is -2.18. The molecule has 0 aromatic carbocycles. The molecule has 5 nitrogen and oxygen atoms in total. The van der Waals surface area contributed by atoms with Gasteiger partial charge in [0.1, 0.15) is 0 Å². The van der Waals surface area contributed by atoms with Crippen LogP contribution in [0.15, 0.2) is 0 Å². The van der Waals surface area contributed by atoms with Gasteiger partial charge in [-0.25, -0.2) is 0 Å². The summed E-state index contributed by atoms with van der Waals surface area (Å²) in [4.78, 5) is 23.0. The van der Waals surface area contributed by atoms with Crippen molar-refractivity contribution in [3.05, 3.63) is 0 Å². The Morgan fingerprint density at radius 1 is 1.22 bits per heavy atom. The molecule has 0 bridgehead atoms. The van der Waals surface area contributed by atoms with Crippen molar-refractivity contribution < 1.29 is 14.3 Å². The third-order valence-corrected chi connectivity index (χ3v) is 2.85. The van der Waals surface area contributed by atoms with E-state index in [-0.39, 0.29) is 23.8 Å². The zero-order valence-corrected chi connectivity index (χ0v) is 12.1. The van der Waals surface area contributed by atoms with Crippen LogP contribution in [0.2, 0.25) is 0 Å². The molecule has 18 heavy (non-hydrogen) atoms. The van der Waals surface area contributed by atoms with Gasteiger partial charge in [-0.05, 0) is 25.8 Å². The highest BCUT2D eigenvalue weighted by atomic mass is 16.5. The summed E-state index contributed by atoms with van der Waals surface area (Å²) in [5.41, 5.74) is 0. The van der Waals surface area contributed by atoms with Gasteiger partial charge in [0.2, 0.25) is 5.91 Å². The van der Waals surface area contributed by atoms with E-state index in [1.165, 1.54) is 7.11 Å². The fraction of sp³-hybridized carbons (Fsp3) is 0.846. The van der Waals surface area contributed by atoms with Crippen LogP contribution in [0.5, 0.6) is 0 Å². The van der Waals surface area contributed by atoms with E-state index < -0.39 is 0 Å². The Hall–Kier alpha value is -1.10. The topological polar surface area (TPSA) is 67.4 Å². The smallest absolute Gasteiger partial charge is 0.308 e. The standard InChI is InChI=1S/C13H26N2O3/c1-9(2)8-11(14-4)12(16)15-7-6-10(3)13(17)18-5/h9-11,14H,6-8H2,1-5H3,(H,15,16). The molecule has 0 aliphatic rings.